The molecule has 7 heteroatoms. The molecule has 0 radical (unpaired) electrons. The zero-order chi connectivity index (χ0) is 16.4. The Morgan fingerprint density at radius 1 is 1.19 bits per heavy atom. The van der Waals surface area contributed by atoms with Crippen LogP contribution in [0.1, 0.15) is 38.1 Å². The molecule has 1 aromatic carbocycles. The Kier molecular flexibility index (Phi) is 5.48. The SMILES string of the molecule is CC(NC(=O)c1cc(Cl)c(N)c(Cl)c1)C(=O)NC(C)(C)C. The smallest absolute Gasteiger partial charge is 0.252 e. The van der Waals surface area contributed by atoms with Crippen molar-refractivity contribution in [1.29, 1.82) is 0 Å². The lowest BCUT2D eigenvalue weighted by Crippen LogP contribution is -2.50. The van der Waals surface area contributed by atoms with Gasteiger partial charge < -0.3 is 16.4 Å². The van der Waals surface area contributed by atoms with Crippen LogP contribution in [0.15, 0.2) is 12.1 Å². The standard InChI is InChI=1S/C14H19Cl2N3O2/c1-7(12(20)19-14(2,3)4)18-13(21)8-5-9(15)11(17)10(16)6-8/h5-7H,17H2,1-4H3,(H,18,21)(H,19,20). The minimum absolute atomic E-state index is 0.194. The van der Waals surface area contributed by atoms with Gasteiger partial charge in [0.05, 0.1) is 15.7 Å². The quantitative estimate of drug-likeness (QED) is 0.744. The third-order valence-electron chi connectivity index (χ3n) is 2.58. The Hall–Kier alpha value is -1.46. The van der Waals surface area contributed by atoms with E-state index in [4.69, 9.17) is 28.9 Å². The average Bonchev–Trinajstić information content (AvgIpc) is 2.32. The normalized spacial score (nSPS) is 12.7. The fourth-order valence-corrected chi connectivity index (χ4v) is 2.03. The zero-order valence-electron chi connectivity index (χ0n) is 12.4. The Labute approximate surface area is 134 Å². The number of rotatable bonds is 3. The number of hydrogen-bond donors (Lipinski definition) is 3. The van der Waals surface area contributed by atoms with Crippen molar-refractivity contribution in [1.82, 2.24) is 10.6 Å². The van der Waals surface area contributed by atoms with Gasteiger partial charge in [-0.15, -0.1) is 0 Å². The van der Waals surface area contributed by atoms with Gasteiger partial charge in [-0.05, 0) is 39.8 Å². The highest BCUT2D eigenvalue weighted by Gasteiger charge is 2.21. The van der Waals surface area contributed by atoms with E-state index in [0.717, 1.165) is 0 Å². The van der Waals surface area contributed by atoms with Crippen LogP contribution in [0, 0.1) is 0 Å². The molecule has 0 aliphatic rings. The monoisotopic (exact) mass is 331 g/mol. The van der Waals surface area contributed by atoms with Crippen molar-refractivity contribution in [2.24, 2.45) is 0 Å². The second-order valence-electron chi connectivity index (χ2n) is 5.79. The Morgan fingerprint density at radius 3 is 2.10 bits per heavy atom. The molecule has 0 aliphatic heterocycles. The van der Waals surface area contributed by atoms with Gasteiger partial charge in [0.1, 0.15) is 6.04 Å². The third-order valence-corrected chi connectivity index (χ3v) is 3.21. The molecule has 4 N–H and O–H groups in total. The maximum absolute atomic E-state index is 12.1. The van der Waals surface area contributed by atoms with Crippen molar-refractivity contribution in [3.05, 3.63) is 27.7 Å². The van der Waals surface area contributed by atoms with Crippen molar-refractivity contribution in [3.63, 3.8) is 0 Å². The molecule has 0 bridgehead atoms. The number of hydrogen-bond acceptors (Lipinski definition) is 3. The third kappa shape index (κ3) is 5.10. The number of carbonyl (C=O) groups is 2. The molecule has 1 unspecified atom stereocenters. The van der Waals surface area contributed by atoms with E-state index in [1.54, 1.807) is 6.92 Å². The topological polar surface area (TPSA) is 84.2 Å². The van der Waals surface area contributed by atoms with Gasteiger partial charge in [0.15, 0.2) is 0 Å². The van der Waals surface area contributed by atoms with E-state index in [9.17, 15) is 9.59 Å². The minimum atomic E-state index is -0.688. The van der Waals surface area contributed by atoms with Crippen LogP contribution in [-0.2, 0) is 4.79 Å². The number of carbonyl (C=O) groups excluding carboxylic acids is 2. The van der Waals surface area contributed by atoms with Gasteiger partial charge in [0.2, 0.25) is 5.91 Å². The molecule has 21 heavy (non-hydrogen) atoms. The molecule has 0 heterocycles. The van der Waals surface area contributed by atoms with Crippen LogP contribution in [0.5, 0.6) is 0 Å². The van der Waals surface area contributed by atoms with Crippen LogP contribution in [0.25, 0.3) is 0 Å². The van der Waals surface area contributed by atoms with Crippen LogP contribution in [0.2, 0.25) is 10.0 Å². The second-order valence-corrected chi connectivity index (χ2v) is 6.60. The lowest BCUT2D eigenvalue weighted by atomic mass is 10.1. The van der Waals surface area contributed by atoms with Crippen LogP contribution in [0.4, 0.5) is 5.69 Å². The van der Waals surface area contributed by atoms with Crippen LogP contribution >= 0.6 is 23.2 Å². The first kappa shape index (κ1) is 17.6. The summed E-state index contributed by atoms with van der Waals surface area (Å²) in [6.45, 7) is 7.18. The fourth-order valence-electron chi connectivity index (χ4n) is 1.54. The van der Waals surface area contributed by atoms with E-state index in [0.29, 0.717) is 0 Å². The highest BCUT2D eigenvalue weighted by Crippen LogP contribution is 2.28. The molecular formula is C14H19Cl2N3O2. The largest absolute Gasteiger partial charge is 0.396 e. The summed E-state index contributed by atoms with van der Waals surface area (Å²) < 4.78 is 0. The summed E-state index contributed by atoms with van der Waals surface area (Å²) in [7, 11) is 0. The number of nitrogens with one attached hydrogen (secondary N) is 2. The van der Waals surface area contributed by atoms with Gasteiger partial charge >= 0.3 is 0 Å². The molecule has 1 atom stereocenters. The van der Waals surface area contributed by atoms with Crippen LogP contribution in [-0.4, -0.2) is 23.4 Å². The molecule has 5 nitrogen and oxygen atoms in total. The maximum Gasteiger partial charge on any atom is 0.252 e. The van der Waals surface area contributed by atoms with Crippen LogP contribution < -0.4 is 16.4 Å². The van der Waals surface area contributed by atoms with E-state index in [-0.39, 0.29) is 32.7 Å². The summed E-state index contributed by atoms with van der Waals surface area (Å²) >= 11 is 11.8. The number of benzene rings is 1. The number of anilines is 1. The number of nitrogens with two attached hydrogens (primary N) is 1. The lowest BCUT2D eigenvalue weighted by molar-refractivity contribution is -0.124. The average molecular weight is 332 g/mol. The second kappa shape index (κ2) is 6.54. The Bertz CT molecular complexity index is 545. The van der Waals surface area contributed by atoms with E-state index in [1.165, 1.54) is 12.1 Å². The van der Waals surface area contributed by atoms with Gasteiger partial charge in [0, 0.05) is 11.1 Å². The number of halogens is 2. The summed E-state index contributed by atoms with van der Waals surface area (Å²) in [6, 6.07) is 2.13. The minimum Gasteiger partial charge on any atom is -0.396 e. The summed E-state index contributed by atoms with van der Waals surface area (Å²) in [5, 5.41) is 5.75. The first-order valence-electron chi connectivity index (χ1n) is 6.38. The van der Waals surface area contributed by atoms with Crippen molar-refractivity contribution in [2.75, 3.05) is 5.73 Å². The van der Waals surface area contributed by atoms with Gasteiger partial charge in [-0.25, -0.2) is 0 Å². The van der Waals surface area contributed by atoms with E-state index >= 15 is 0 Å². The van der Waals surface area contributed by atoms with Crippen LogP contribution in [0.3, 0.4) is 0 Å². The molecule has 0 saturated carbocycles. The predicted octanol–water partition coefficient (Wildman–Crippen LogP) is 2.61. The molecule has 0 saturated heterocycles. The van der Waals surface area contributed by atoms with Gasteiger partial charge in [0.25, 0.3) is 5.91 Å². The molecule has 1 aromatic rings. The first-order chi connectivity index (χ1) is 9.51. The first-order valence-corrected chi connectivity index (χ1v) is 7.14. The molecule has 1 rings (SSSR count). The van der Waals surface area contributed by atoms with Gasteiger partial charge in [-0.2, -0.15) is 0 Å². The molecule has 116 valence electrons. The Morgan fingerprint density at radius 2 is 1.67 bits per heavy atom. The van der Waals surface area contributed by atoms with Crippen molar-refractivity contribution < 1.29 is 9.59 Å². The van der Waals surface area contributed by atoms with E-state index in [1.807, 2.05) is 20.8 Å². The zero-order valence-corrected chi connectivity index (χ0v) is 13.9. The summed E-state index contributed by atoms with van der Waals surface area (Å²) in [5.41, 5.74) is 5.70. The molecular weight excluding hydrogens is 313 g/mol. The van der Waals surface area contributed by atoms with Crippen molar-refractivity contribution in [2.45, 2.75) is 39.3 Å². The summed E-state index contributed by atoms with van der Waals surface area (Å²) in [6.07, 6.45) is 0. The summed E-state index contributed by atoms with van der Waals surface area (Å²) in [4.78, 5) is 24.0. The van der Waals surface area contributed by atoms with Crippen molar-refractivity contribution in [3.8, 4) is 0 Å². The molecule has 0 aliphatic carbocycles. The molecule has 0 fully saturated rings. The Balaban J connectivity index is 2.80. The highest BCUT2D eigenvalue weighted by molar-refractivity contribution is 6.39. The maximum atomic E-state index is 12.1. The number of amides is 2. The van der Waals surface area contributed by atoms with Gasteiger partial charge in [-0.1, -0.05) is 23.2 Å². The predicted molar refractivity (Wildman–Crippen MR) is 85.7 cm³/mol. The molecule has 0 spiro atoms. The highest BCUT2D eigenvalue weighted by atomic mass is 35.5. The van der Waals surface area contributed by atoms with E-state index in [2.05, 4.69) is 10.6 Å². The van der Waals surface area contributed by atoms with Gasteiger partial charge in [-0.3, -0.25) is 9.59 Å². The molecule has 2 amide bonds. The van der Waals surface area contributed by atoms with Crippen molar-refractivity contribution >= 4 is 40.7 Å². The summed E-state index contributed by atoms with van der Waals surface area (Å²) in [5.74, 6) is -0.723. The molecule has 0 aromatic heterocycles. The van der Waals surface area contributed by atoms with E-state index < -0.39 is 11.9 Å². The number of nitrogen functional groups attached to an aromatic ring is 1. The fraction of sp³-hybridized carbons (Fsp3) is 0.429. The lowest BCUT2D eigenvalue weighted by Gasteiger charge is -2.23.